The van der Waals surface area contributed by atoms with Crippen LogP contribution in [-0.4, -0.2) is 21.0 Å². The molecule has 0 bridgehead atoms. The summed E-state index contributed by atoms with van der Waals surface area (Å²) in [6, 6.07) is 8.85. The van der Waals surface area contributed by atoms with Crippen LogP contribution in [0.15, 0.2) is 30.3 Å². The second-order valence-electron chi connectivity index (χ2n) is 3.78. The van der Waals surface area contributed by atoms with Gasteiger partial charge >= 0.3 is 6.01 Å². The van der Waals surface area contributed by atoms with Crippen molar-refractivity contribution in [2.75, 3.05) is 0 Å². The molecule has 2 rings (SSSR count). The van der Waals surface area contributed by atoms with Crippen LogP contribution in [0.1, 0.15) is 23.1 Å². The lowest BCUT2D eigenvalue weighted by Gasteiger charge is -2.10. The molecule has 0 radical (unpaired) electrons. The molecule has 18 heavy (non-hydrogen) atoms. The minimum Gasteiger partial charge on any atom is -0.479 e. The molecule has 0 fully saturated rings. The normalized spacial score (nSPS) is 10.3. The molecule has 5 nitrogen and oxygen atoms in total. The van der Waals surface area contributed by atoms with E-state index >= 15 is 0 Å². The molecular weight excluding hydrogens is 230 g/mol. The summed E-state index contributed by atoms with van der Waals surface area (Å²) in [7, 11) is 0. The molecule has 0 atom stereocenters. The number of rotatable bonds is 3. The average molecular weight is 243 g/mol. The van der Waals surface area contributed by atoms with Crippen molar-refractivity contribution in [2.24, 2.45) is 5.73 Å². The van der Waals surface area contributed by atoms with E-state index in [1.54, 1.807) is 0 Å². The summed E-state index contributed by atoms with van der Waals surface area (Å²) in [6.07, 6.45) is 0.570. The van der Waals surface area contributed by atoms with E-state index in [0.717, 1.165) is 5.56 Å². The van der Waals surface area contributed by atoms with Gasteiger partial charge in [-0.2, -0.15) is 9.97 Å². The predicted molar refractivity (Wildman–Crippen MR) is 67.0 cm³/mol. The molecule has 5 heteroatoms. The minimum absolute atomic E-state index is 0.0468. The van der Waals surface area contributed by atoms with Crippen LogP contribution < -0.4 is 5.73 Å². The Labute approximate surface area is 104 Å². The van der Waals surface area contributed by atoms with E-state index in [4.69, 9.17) is 5.73 Å². The second kappa shape index (κ2) is 4.83. The number of aryl methyl sites for hydroxylation is 1. The van der Waals surface area contributed by atoms with E-state index in [2.05, 4.69) is 9.97 Å². The number of benzene rings is 1. The zero-order chi connectivity index (χ0) is 13.1. The maximum atomic E-state index is 11.4. The van der Waals surface area contributed by atoms with Gasteiger partial charge in [0.15, 0.2) is 0 Å². The third-order valence-electron chi connectivity index (χ3n) is 2.60. The van der Waals surface area contributed by atoms with Gasteiger partial charge in [0.2, 0.25) is 0 Å². The molecule has 0 aliphatic heterocycles. The van der Waals surface area contributed by atoms with Gasteiger partial charge in [-0.25, -0.2) is 0 Å². The van der Waals surface area contributed by atoms with Gasteiger partial charge in [-0.1, -0.05) is 37.3 Å². The lowest BCUT2D eigenvalue weighted by molar-refractivity contribution is 0.0995. The van der Waals surface area contributed by atoms with Crippen LogP contribution in [0.25, 0.3) is 11.1 Å². The fourth-order valence-electron chi connectivity index (χ4n) is 1.84. The van der Waals surface area contributed by atoms with E-state index < -0.39 is 11.9 Å². The Bertz CT molecular complexity index is 582. The summed E-state index contributed by atoms with van der Waals surface area (Å²) in [4.78, 5) is 19.1. The highest BCUT2D eigenvalue weighted by atomic mass is 16.3. The molecule has 1 aromatic heterocycles. The number of amides is 1. The smallest absolute Gasteiger partial charge is 0.314 e. The summed E-state index contributed by atoms with van der Waals surface area (Å²) in [5.74, 6) is -0.679. The summed E-state index contributed by atoms with van der Waals surface area (Å²) in [5, 5.41) is 9.42. The van der Waals surface area contributed by atoms with Crippen molar-refractivity contribution < 1.29 is 9.90 Å². The van der Waals surface area contributed by atoms with E-state index in [1.807, 2.05) is 37.3 Å². The van der Waals surface area contributed by atoms with Gasteiger partial charge in [-0.3, -0.25) is 4.79 Å². The Morgan fingerprint density at radius 2 is 1.94 bits per heavy atom. The Hall–Kier alpha value is -2.43. The Kier molecular flexibility index (Phi) is 3.23. The third-order valence-corrected chi connectivity index (χ3v) is 2.60. The van der Waals surface area contributed by atoms with Crippen LogP contribution in [0.2, 0.25) is 0 Å². The molecule has 1 aromatic carbocycles. The van der Waals surface area contributed by atoms with Crippen molar-refractivity contribution in [1.82, 2.24) is 9.97 Å². The maximum absolute atomic E-state index is 11.4. The average Bonchev–Trinajstić information content (AvgIpc) is 2.38. The lowest BCUT2D eigenvalue weighted by Crippen LogP contribution is -2.16. The Morgan fingerprint density at radius 1 is 1.28 bits per heavy atom. The Balaban J connectivity index is 2.74. The number of hydrogen-bond donors (Lipinski definition) is 2. The van der Waals surface area contributed by atoms with Gasteiger partial charge in [0.05, 0.1) is 5.69 Å². The standard InChI is InChI=1S/C13H13N3O2/c1-2-9-10(8-6-4-3-5-7-8)11(12(14)17)16-13(18)15-9/h3-7H,2H2,1H3,(H2,14,17)(H,15,16,18). The highest BCUT2D eigenvalue weighted by Crippen LogP contribution is 2.27. The highest BCUT2D eigenvalue weighted by molar-refractivity contribution is 5.98. The third kappa shape index (κ3) is 2.15. The molecule has 1 heterocycles. The quantitative estimate of drug-likeness (QED) is 0.855. The molecule has 1 amide bonds. The molecule has 3 N–H and O–H groups in total. The van der Waals surface area contributed by atoms with Crippen LogP contribution in [0.3, 0.4) is 0 Å². The highest BCUT2D eigenvalue weighted by Gasteiger charge is 2.18. The van der Waals surface area contributed by atoms with Crippen molar-refractivity contribution in [3.05, 3.63) is 41.7 Å². The summed E-state index contributed by atoms with van der Waals surface area (Å²) < 4.78 is 0. The number of primary amides is 1. The van der Waals surface area contributed by atoms with Crippen molar-refractivity contribution in [2.45, 2.75) is 13.3 Å². The van der Waals surface area contributed by atoms with Gasteiger partial charge in [0.25, 0.3) is 5.91 Å². The van der Waals surface area contributed by atoms with Crippen LogP contribution in [0, 0.1) is 0 Å². The number of nitrogens with zero attached hydrogens (tertiary/aromatic N) is 2. The summed E-state index contributed by atoms with van der Waals surface area (Å²) >= 11 is 0. The van der Waals surface area contributed by atoms with E-state index in [1.165, 1.54) is 0 Å². The van der Waals surface area contributed by atoms with Crippen LogP contribution in [0.5, 0.6) is 6.01 Å². The molecule has 0 saturated heterocycles. The lowest BCUT2D eigenvalue weighted by atomic mass is 10.0. The van der Waals surface area contributed by atoms with Crippen molar-refractivity contribution >= 4 is 5.91 Å². The van der Waals surface area contributed by atoms with Crippen molar-refractivity contribution in [1.29, 1.82) is 0 Å². The van der Waals surface area contributed by atoms with E-state index in [0.29, 0.717) is 17.7 Å². The Morgan fingerprint density at radius 3 is 2.50 bits per heavy atom. The number of carbonyl (C=O) groups is 1. The van der Waals surface area contributed by atoms with Crippen molar-refractivity contribution in [3.8, 4) is 17.1 Å². The first-order valence-electron chi connectivity index (χ1n) is 5.58. The zero-order valence-corrected chi connectivity index (χ0v) is 9.92. The SMILES string of the molecule is CCc1nc(O)nc(C(N)=O)c1-c1ccccc1. The fourth-order valence-corrected chi connectivity index (χ4v) is 1.84. The first kappa shape index (κ1) is 12.0. The fraction of sp³-hybridized carbons (Fsp3) is 0.154. The summed E-state index contributed by atoms with van der Waals surface area (Å²) in [6.45, 7) is 1.89. The van der Waals surface area contributed by atoms with Crippen molar-refractivity contribution in [3.63, 3.8) is 0 Å². The number of carbonyl (C=O) groups excluding carboxylic acids is 1. The topological polar surface area (TPSA) is 89.1 Å². The van der Waals surface area contributed by atoms with E-state index in [9.17, 15) is 9.90 Å². The number of aromatic hydroxyl groups is 1. The van der Waals surface area contributed by atoms with Crippen LogP contribution in [0.4, 0.5) is 0 Å². The van der Waals surface area contributed by atoms with E-state index in [-0.39, 0.29) is 5.69 Å². The van der Waals surface area contributed by atoms with Crippen LogP contribution in [-0.2, 0) is 6.42 Å². The largest absolute Gasteiger partial charge is 0.479 e. The van der Waals surface area contributed by atoms with Crippen LogP contribution >= 0.6 is 0 Å². The summed E-state index contributed by atoms with van der Waals surface area (Å²) in [5.41, 5.74) is 7.35. The number of nitrogens with two attached hydrogens (primary N) is 1. The first-order chi connectivity index (χ1) is 8.63. The molecule has 2 aromatic rings. The van der Waals surface area contributed by atoms with Gasteiger partial charge in [-0.15, -0.1) is 0 Å². The van der Waals surface area contributed by atoms with Gasteiger partial charge < -0.3 is 10.8 Å². The molecule has 0 aliphatic carbocycles. The van der Waals surface area contributed by atoms with Gasteiger partial charge in [0.1, 0.15) is 5.69 Å². The molecule has 0 unspecified atom stereocenters. The number of aromatic nitrogens is 2. The predicted octanol–water partition coefficient (Wildman–Crippen LogP) is 1.51. The minimum atomic E-state index is -0.679. The first-order valence-corrected chi connectivity index (χ1v) is 5.58. The molecule has 0 spiro atoms. The van der Waals surface area contributed by atoms with Gasteiger partial charge in [0, 0.05) is 5.56 Å². The molecule has 0 aliphatic rings. The molecule has 92 valence electrons. The maximum Gasteiger partial charge on any atom is 0.314 e. The second-order valence-corrected chi connectivity index (χ2v) is 3.78. The number of hydrogen-bond acceptors (Lipinski definition) is 4. The molecule has 0 saturated carbocycles. The van der Waals surface area contributed by atoms with Gasteiger partial charge in [-0.05, 0) is 12.0 Å². The monoisotopic (exact) mass is 243 g/mol. The zero-order valence-electron chi connectivity index (χ0n) is 9.92. The molecular formula is C13H13N3O2.